The Morgan fingerprint density at radius 3 is 2.55 bits per heavy atom. The lowest BCUT2D eigenvalue weighted by Gasteiger charge is -2.19. The molecule has 0 aromatic heterocycles. The van der Waals surface area contributed by atoms with Crippen molar-refractivity contribution in [2.45, 2.75) is 27.7 Å². The normalized spacial score (nSPS) is 12.0. The first kappa shape index (κ1) is 16.4. The number of rotatable bonds is 3. The van der Waals surface area contributed by atoms with Gasteiger partial charge in [-0.15, -0.1) is 0 Å². The van der Waals surface area contributed by atoms with E-state index in [0.717, 1.165) is 5.57 Å². The van der Waals surface area contributed by atoms with Crippen LogP contribution in [-0.2, 0) is 0 Å². The van der Waals surface area contributed by atoms with Crippen molar-refractivity contribution in [1.29, 1.82) is 0 Å². The molecular formula is C15H21ClN2O2. The molecule has 110 valence electrons. The molecule has 2 amide bonds. The van der Waals surface area contributed by atoms with Crippen LogP contribution in [0.4, 0.5) is 10.5 Å². The van der Waals surface area contributed by atoms with Crippen LogP contribution in [-0.4, -0.2) is 13.1 Å². The summed E-state index contributed by atoms with van der Waals surface area (Å²) in [5.74, 6) is 0.557. The number of carbonyl (C=O) groups excluding carboxylic acids is 1. The van der Waals surface area contributed by atoms with E-state index in [1.807, 2.05) is 6.92 Å². The first-order valence-corrected chi connectivity index (χ1v) is 6.70. The molecule has 0 fully saturated rings. The summed E-state index contributed by atoms with van der Waals surface area (Å²) in [4.78, 5) is 11.9. The second-order valence-electron chi connectivity index (χ2n) is 5.52. The van der Waals surface area contributed by atoms with Gasteiger partial charge in [0.05, 0.1) is 12.8 Å². The summed E-state index contributed by atoms with van der Waals surface area (Å²) in [6, 6.07) is 4.70. The lowest BCUT2D eigenvalue weighted by Crippen LogP contribution is -2.25. The maximum Gasteiger partial charge on any atom is 0.323 e. The third-order valence-electron chi connectivity index (χ3n) is 3.01. The van der Waals surface area contributed by atoms with Crippen LogP contribution in [0.1, 0.15) is 27.7 Å². The van der Waals surface area contributed by atoms with E-state index >= 15 is 0 Å². The number of carbonyl (C=O) groups is 1. The van der Waals surface area contributed by atoms with E-state index in [1.165, 1.54) is 7.11 Å². The topological polar surface area (TPSA) is 50.4 Å². The predicted octanol–water partition coefficient (Wildman–Crippen LogP) is 4.42. The fourth-order valence-corrected chi connectivity index (χ4v) is 1.50. The zero-order valence-electron chi connectivity index (χ0n) is 12.5. The number of allylic oxidation sites excluding steroid dienone is 1. The number of hydrogen-bond donors (Lipinski definition) is 2. The summed E-state index contributed by atoms with van der Waals surface area (Å²) in [6.07, 6.45) is 1.70. The molecule has 5 heteroatoms. The van der Waals surface area contributed by atoms with Crippen molar-refractivity contribution in [3.05, 3.63) is 35.0 Å². The minimum Gasteiger partial charge on any atom is -0.495 e. The lowest BCUT2D eigenvalue weighted by atomic mass is 9.88. The molecule has 0 aliphatic carbocycles. The van der Waals surface area contributed by atoms with Gasteiger partial charge in [-0.2, -0.15) is 0 Å². The smallest absolute Gasteiger partial charge is 0.323 e. The molecule has 1 aromatic carbocycles. The maximum absolute atomic E-state index is 11.9. The van der Waals surface area contributed by atoms with E-state index in [-0.39, 0.29) is 11.4 Å². The Morgan fingerprint density at radius 2 is 2.00 bits per heavy atom. The number of urea groups is 1. The highest BCUT2D eigenvalue weighted by Crippen LogP contribution is 2.27. The minimum absolute atomic E-state index is 0.0149. The average molecular weight is 297 g/mol. The molecule has 0 spiro atoms. The largest absolute Gasteiger partial charge is 0.495 e. The van der Waals surface area contributed by atoms with Gasteiger partial charge in [-0.3, -0.25) is 0 Å². The molecule has 0 aliphatic rings. The Labute approximate surface area is 125 Å². The van der Waals surface area contributed by atoms with Gasteiger partial charge in [-0.1, -0.05) is 37.9 Å². The summed E-state index contributed by atoms with van der Waals surface area (Å²) in [5, 5.41) is 5.93. The summed E-state index contributed by atoms with van der Waals surface area (Å²) >= 11 is 5.91. The molecule has 1 rings (SSSR count). The van der Waals surface area contributed by atoms with Gasteiger partial charge in [0, 0.05) is 11.2 Å². The summed E-state index contributed by atoms with van der Waals surface area (Å²) in [5.41, 5.74) is 1.62. The molecule has 4 nitrogen and oxygen atoms in total. The Morgan fingerprint density at radius 1 is 1.35 bits per heavy atom. The zero-order chi connectivity index (χ0) is 15.3. The predicted molar refractivity (Wildman–Crippen MR) is 83.4 cm³/mol. The number of nitrogens with one attached hydrogen (secondary N) is 2. The van der Waals surface area contributed by atoms with Gasteiger partial charge in [-0.25, -0.2) is 4.79 Å². The van der Waals surface area contributed by atoms with Crippen molar-refractivity contribution in [2.75, 3.05) is 12.4 Å². The Hall–Kier alpha value is -1.68. The number of amides is 2. The van der Waals surface area contributed by atoms with Crippen LogP contribution in [0, 0.1) is 5.41 Å². The molecule has 0 heterocycles. The molecule has 0 saturated carbocycles. The monoisotopic (exact) mass is 296 g/mol. The van der Waals surface area contributed by atoms with Gasteiger partial charge >= 0.3 is 6.03 Å². The first-order valence-electron chi connectivity index (χ1n) is 6.32. The SMILES string of the molecule is COc1ccc(Cl)cc1NC(=O)N/C=C(\C)C(C)(C)C. The van der Waals surface area contributed by atoms with Gasteiger partial charge in [0.1, 0.15) is 5.75 Å². The van der Waals surface area contributed by atoms with E-state index in [2.05, 4.69) is 31.4 Å². The van der Waals surface area contributed by atoms with Crippen LogP contribution in [0.2, 0.25) is 5.02 Å². The van der Waals surface area contributed by atoms with Crippen LogP contribution in [0.25, 0.3) is 0 Å². The molecule has 0 radical (unpaired) electrons. The van der Waals surface area contributed by atoms with Crippen molar-refractivity contribution in [3.8, 4) is 5.75 Å². The van der Waals surface area contributed by atoms with E-state index < -0.39 is 0 Å². The molecule has 0 bridgehead atoms. The average Bonchev–Trinajstić information content (AvgIpc) is 2.35. The Bertz CT molecular complexity index is 519. The summed E-state index contributed by atoms with van der Waals surface area (Å²) < 4.78 is 5.16. The van der Waals surface area contributed by atoms with Crippen LogP contribution in [0.15, 0.2) is 30.0 Å². The van der Waals surface area contributed by atoms with Gasteiger partial charge in [0.2, 0.25) is 0 Å². The second kappa shape index (κ2) is 6.66. The number of anilines is 1. The van der Waals surface area contributed by atoms with E-state index in [9.17, 15) is 4.79 Å². The second-order valence-corrected chi connectivity index (χ2v) is 5.96. The van der Waals surface area contributed by atoms with Crippen LogP contribution < -0.4 is 15.4 Å². The van der Waals surface area contributed by atoms with E-state index in [0.29, 0.717) is 16.5 Å². The maximum atomic E-state index is 11.9. The minimum atomic E-state index is -0.339. The van der Waals surface area contributed by atoms with Crippen molar-refractivity contribution < 1.29 is 9.53 Å². The number of benzene rings is 1. The molecule has 0 atom stereocenters. The Balaban J connectivity index is 2.75. The fourth-order valence-electron chi connectivity index (χ4n) is 1.33. The van der Waals surface area contributed by atoms with Gasteiger partial charge in [0.15, 0.2) is 0 Å². The van der Waals surface area contributed by atoms with E-state index in [1.54, 1.807) is 24.4 Å². The van der Waals surface area contributed by atoms with Crippen molar-refractivity contribution in [2.24, 2.45) is 5.41 Å². The highest BCUT2D eigenvalue weighted by molar-refractivity contribution is 6.31. The summed E-state index contributed by atoms with van der Waals surface area (Å²) in [7, 11) is 1.54. The van der Waals surface area contributed by atoms with Crippen LogP contribution >= 0.6 is 11.6 Å². The van der Waals surface area contributed by atoms with Crippen molar-refractivity contribution in [1.82, 2.24) is 5.32 Å². The highest BCUT2D eigenvalue weighted by Gasteiger charge is 2.13. The van der Waals surface area contributed by atoms with Crippen LogP contribution in [0.3, 0.4) is 0 Å². The fraction of sp³-hybridized carbons (Fsp3) is 0.400. The molecule has 1 aromatic rings. The molecule has 20 heavy (non-hydrogen) atoms. The zero-order valence-corrected chi connectivity index (χ0v) is 13.3. The molecular weight excluding hydrogens is 276 g/mol. The number of hydrogen-bond acceptors (Lipinski definition) is 2. The Kier molecular flexibility index (Phi) is 5.45. The molecule has 0 unspecified atom stereocenters. The van der Waals surface area contributed by atoms with Crippen LogP contribution in [0.5, 0.6) is 5.75 Å². The van der Waals surface area contributed by atoms with Crippen molar-refractivity contribution in [3.63, 3.8) is 0 Å². The van der Waals surface area contributed by atoms with Gasteiger partial charge in [0.25, 0.3) is 0 Å². The quantitative estimate of drug-likeness (QED) is 0.867. The molecule has 0 saturated heterocycles. The number of halogens is 1. The standard InChI is InChI=1S/C15H21ClN2O2/c1-10(15(2,3)4)9-17-14(19)18-12-8-11(16)6-7-13(12)20-5/h6-9H,1-5H3,(H2,17,18,19)/b10-9+. The van der Waals surface area contributed by atoms with Gasteiger partial charge in [-0.05, 0) is 30.5 Å². The number of methoxy groups -OCH3 is 1. The third-order valence-corrected chi connectivity index (χ3v) is 3.25. The number of ether oxygens (including phenoxy) is 1. The van der Waals surface area contributed by atoms with E-state index in [4.69, 9.17) is 16.3 Å². The third kappa shape index (κ3) is 4.78. The molecule has 2 N–H and O–H groups in total. The summed E-state index contributed by atoms with van der Waals surface area (Å²) in [6.45, 7) is 8.22. The lowest BCUT2D eigenvalue weighted by molar-refractivity contribution is 0.254. The first-order chi connectivity index (χ1) is 9.24. The van der Waals surface area contributed by atoms with Crippen molar-refractivity contribution >= 4 is 23.3 Å². The molecule has 0 aliphatic heterocycles. The highest BCUT2D eigenvalue weighted by atomic mass is 35.5. The van der Waals surface area contributed by atoms with Gasteiger partial charge < -0.3 is 15.4 Å².